The van der Waals surface area contributed by atoms with E-state index in [2.05, 4.69) is 149 Å². The standard InChI is InChI=1S/C25H22Cl2N4O.C24H23Cl2N3O.C23H25Cl2NO.C22H23Cl2NO/c26-18-12-17(13-19(27)14-18)23-21-4-1-2-5-22(21)25(32-23)6-10-30(11-7-25)15-20-16-31-9-3-8-28-24(31)29-20;1-16-6-7-20(28-27-16)15-29-10-8-24(9-11-29)22-5-3-2-4-21(22)23(30-24)17-12-18(25)14-19(26)13-17;24-18-12-17(13-19(25)14-18)22-20-6-1-2-7-21(20)23(27-22)8-10-26(11-9-23)15-16-4-3-5-16;23-17-11-16(12-18(24)13-17)21-19-3-1-2-4-20(19)22(26-21)7-9-25(10-8-22)14-15-5-6-15/h1-5,8-9,12-14,16,23H,6-7,10-11,15H2;2-7,12-14,23H,8-11,15H2,1H3;1-2,6-7,12-14,16,22H,3-5,8-11,15H2;1-4,11-13,15,21H,5-10,14H2. The number of hydrogen-bond donors (Lipinski definition) is 0. The van der Waals surface area contributed by atoms with Gasteiger partial charge >= 0.3 is 0 Å². The zero-order valence-electron chi connectivity index (χ0n) is 64.5. The number of aromatic nitrogens is 5. The SMILES string of the molecule is Cc1ccc(CN2CCC3(CC2)OC(c2cc(Cl)cc(Cl)c2)c2ccccc23)nn1.Clc1cc(Cl)cc(C2OC3(CCN(CC4CC4)CC3)c3ccccc32)c1.Clc1cc(Cl)cc(C2OC3(CCN(CC4CCC4)CC3)c3ccccc32)c1.Clc1cc(Cl)cc(C2OC3(CCN(Cc4cn5cccnc5n4)CC3)c3ccccc32)c1. The quantitative estimate of drug-likeness (QED) is 0.116. The van der Waals surface area contributed by atoms with Crippen LogP contribution in [0.4, 0.5) is 0 Å². The Bertz CT molecular complexity index is 5210. The zero-order valence-corrected chi connectivity index (χ0v) is 70.5. The predicted octanol–water partition coefficient (Wildman–Crippen LogP) is 23.4. The third-order valence-corrected chi connectivity index (χ3v) is 27.3. The van der Waals surface area contributed by atoms with Crippen LogP contribution in [0.3, 0.4) is 0 Å². The smallest absolute Gasteiger partial charge is 0.233 e. The van der Waals surface area contributed by atoms with Crippen LogP contribution in [-0.2, 0) is 54.4 Å². The van der Waals surface area contributed by atoms with Gasteiger partial charge in [0.25, 0.3) is 0 Å². The first kappa shape index (κ1) is 79.6. The van der Waals surface area contributed by atoms with Gasteiger partial charge in [0, 0.05) is 137 Å². The predicted molar refractivity (Wildman–Crippen MR) is 460 cm³/mol. The van der Waals surface area contributed by atoms with Crippen LogP contribution in [0.2, 0.25) is 40.2 Å². The third kappa shape index (κ3) is 17.2. The molecule has 594 valence electrons. The lowest BCUT2D eigenvalue weighted by Crippen LogP contribution is -2.45. The second kappa shape index (κ2) is 33.9. The summed E-state index contributed by atoms with van der Waals surface area (Å²) in [7, 11) is 0. The molecule has 21 heteroatoms. The Labute approximate surface area is 714 Å². The van der Waals surface area contributed by atoms with Gasteiger partial charge in [-0.1, -0.05) is 196 Å². The molecule has 0 bridgehead atoms. The topological polar surface area (TPSA) is 106 Å². The summed E-state index contributed by atoms with van der Waals surface area (Å²) in [6.45, 7) is 14.4. The van der Waals surface area contributed by atoms with E-state index in [9.17, 15) is 0 Å². The summed E-state index contributed by atoms with van der Waals surface area (Å²) in [4.78, 5) is 19.1. The first-order chi connectivity index (χ1) is 55.9. The van der Waals surface area contributed by atoms with Crippen molar-refractivity contribution in [2.24, 2.45) is 11.8 Å². The summed E-state index contributed by atoms with van der Waals surface area (Å²) >= 11 is 50.2. The first-order valence-electron chi connectivity index (χ1n) is 40.8. The van der Waals surface area contributed by atoms with Crippen molar-refractivity contribution in [1.29, 1.82) is 0 Å². The fraction of sp³-hybridized carbons (Fsp3) is 0.383. The summed E-state index contributed by atoms with van der Waals surface area (Å²) in [6, 6.07) is 63.3. The Morgan fingerprint density at radius 2 is 0.678 bits per heavy atom. The van der Waals surface area contributed by atoms with E-state index in [4.69, 9.17) is 112 Å². The molecule has 4 spiro atoms. The van der Waals surface area contributed by atoms with Gasteiger partial charge in [0.05, 0.1) is 39.5 Å². The minimum absolute atomic E-state index is 0.0858. The Balaban J connectivity index is 0.000000107. The lowest BCUT2D eigenvalue weighted by molar-refractivity contribution is -0.0989. The lowest BCUT2D eigenvalue weighted by Gasteiger charge is -2.42. The number of likely N-dealkylation sites (tertiary alicyclic amines) is 4. The Hall–Kier alpha value is -6.54. The van der Waals surface area contributed by atoms with Gasteiger partial charge in [-0.2, -0.15) is 10.2 Å². The number of halogens is 8. The Morgan fingerprint density at radius 1 is 0.357 bits per heavy atom. The summed E-state index contributed by atoms with van der Waals surface area (Å²) in [5.74, 6) is 2.62. The van der Waals surface area contributed by atoms with E-state index in [1.807, 2.05) is 78.2 Å². The van der Waals surface area contributed by atoms with Crippen molar-refractivity contribution in [1.82, 2.24) is 44.2 Å². The van der Waals surface area contributed by atoms with E-state index in [0.717, 1.165) is 174 Å². The Morgan fingerprint density at radius 3 is 0.983 bits per heavy atom. The number of fused-ring (bicyclic) bond motifs is 9. The minimum Gasteiger partial charge on any atom is -0.358 e. The molecule has 0 amide bonds. The molecule has 4 atom stereocenters. The maximum Gasteiger partial charge on any atom is 0.233 e. The molecule has 4 unspecified atom stereocenters. The number of piperidine rings is 4. The van der Waals surface area contributed by atoms with Gasteiger partial charge in [-0.05, 0) is 254 Å². The summed E-state index contributed by atoms with van der Waals surface area (Å²) in [6.07, 6.45) is 20.4. The molecule has 10 aliphatic rings. The van der Waals surface area contributed by atoms with Crippen LogP contribution in [0.15, 0.2) is 207 Å². The van der Waals surface area contributed by atoms with Crippen LogP contribution in [0.25, 0.3) is 5.78 Å². The highest BCUT2D eigenvalue weighted by Gasteiger charge is 2.52. The van der Waals surface area contributed by atoms with Crippen molar-refractivity contribution in [3.05, 3.63) is 331 Å². The van der Waals surface area contributed by atoms with Crippen LogP contribution >= 0.6 is 92.8 Å². The molecule has 13 nitrogen and oxygen atoms in total. The number of ether oxygens (including phenoxy) is 4. The summed E-state index contributed by atoms with van der Waals surface area (Å²) in [5.41, 5.74) is 16.5. The fourth-order valence-electron chi connectivity index (χ4n) is 19.4. The van der Waals surface area contributed by atoms with Crippen molar-refractivity contribution in [3.8, 4) is 0 Å². The van der Waals surface area contributed by atoms with E-state index in [-0.39, 0.29) is 46.8 Å². The fourth-order valence-corrected chi connectivity index (χ4v) is 21.6. The average molecular weight is 1700 g/mol. The van der Waals surface area contributed by atoms with Gasteiger partial charge in [0.15, 0.2) is 0 Å². The normalized spacial score (nSPS) is 22.3. The van der Waals surface area contributed by atoms with Crippen LogP contribution in [-0.4, -0.2) is 110 Å². The van der Waals surface area contributed by atoms with E-state index in [1.165, 1.54) is 89.7 Å². The van der Waals surface area contributed by atoms with Crippen molar-refractivity contribution < 1.29 is 18.9 Å². The van der Waals surface area contributed by atoms with Crippen molar-refractivity contribution >= 4 is 98.6 Å². The molecule has 11 aromatic rings. The number of rotatable bonds is 12. The molecule has 8 aliphatic heterocycles. The number of benzene rings is 8. The maximum absolute atomic E-state index is 6.83. The maximum atomic E-state index is 6.83. The third-order valence-electron chi connectivity index (χ3n) is 25.6. The second-order valence-electron chi connectivity index (χ2n) is 33.2. The summed E-state index contributed by atoms with van der Waals surface area (Å²) < 4.78 is 29.2. The van der Waals surface area contributed by atoms with Gasteiger partial charge in [0.1, 0.15) is 24.4 Å². The molecule has 115 heavy (non-hydrogen) atoms. The van der Waals surface area contributed by atoms with Crippen LogP contribution in [0, 0.1) is 18.8 Å². The minimum atomic E-state index is -0.285. The molecule has 4 saturated heterocycles. The molecule has 3 aromatic heterocycles. The second-order valence-corrected chi connectivity index (χ2v) is 36.7. The molecule has 21 rings (SSSR count). The van der Waals surface area contributed by atoms with Crippen LogP contribution in [0.5, 0.6) is 0 Å². The molecule has 8 aromatic carbocycles. The van der Waals surface area contributed by atoms with Crippen LogP contribution < -0.4 is 0 Å². The van der Waals surface area contributed by atoms with Gasteiger partial charge in [-0.3, -0.25) is 14.2 Å². The number of hydrogen-bond acceptors (Lipinski definition) is 12. The highest BCUT2D eigenvalue weighted by molar-refractivity contribution is 6.36. The number of imidazole rings is 1. The molecule has 2 saturated carbocycles. The number of nitrogens with zero attached hydrogens (tertiary/aromatic N) is 9. The lowest BCUT2D eigenvalue weighted by atomic mass is 9.81. The largest absolute Gasteiger partial charge is 0.358 e. The average Bonchev–Trinajstić information content (AvgIpc) is 1.60. The molecule has 6 fully saturated rings. The highest BCUT2D eigenvalue weighted by Crippen LogP contribution is 2.57. The first-order valence-corrected chi connectivity index (χ1v) is 43.8. The van der Waals surface area contributed by atoms with E-state index < -0.39 is 0 Å². The van der Waals surface area contributed by atoms with Gasteiger partial charge < -0.3 is 28.7 Å². The molecular formula is C94H93Cl8N9O4. The monoisotopic (exact) mass is 1690 g/mol. The molecule has 2 aliphatic carbocycles. The van der Waals surface area contributed by atoms with Crippen molar-refractivity contribution in [2.45, 2.75) is 150 Å². The van der Waals surface area contributed by atoms with Crippen molar-refractivity contribution in [2.75, 3.05) is 65.4 Å². The van der Waals surface area contributed by atoms with Crippen LogP contribution in [0.1, 0.15) is 192 Å². The van der Waals surface area contributed by atoms with Gasteiger partial charge in [-0.15, -0.1) is 0 Å². The highest BCUT2D eigenvalue weighted by atomic mass is 35.5. The molecule has 0 radical (unpaired) electrons. The number of aryl methyl sites for hydroxylation is 1. The summed E-state index contributed by atoms with van der Waals surface area (Å²) in [5, 5.41) is 13.7. The zero-order chi connectivity index (χ0) is 78.6. The van der Waals surface area contributed by atoms with Gasteiger partial charge in [0.2, 0.25) is 5.78 Å². The van der Waals surface area contributed by atoms with Crippen molar-refractivity contribution in [3.63, 3.8) is 0 Å². The van der Waals surface area contributed by atoms with E-state index >= 15 is 0 Å². The Kier molecular flexibility index (Phi) is 23.5. The molecule has 0 N–H and O–H groups in total. The molecule has 11 heterocycles. The van der Waals surface area contributed by atoms with E-state index in [0.29, 0.717) is 40.2 Å². The van der Waals surface area contributed by atoms with E-state index in [1.54, 1.807) is 30.5 Å². The molecular weight excluding hydrogens is 1600 g/mol. The van der Waals surface area contributed by atoms with Gasteiger partial charge in [-0.25, -0.2) is 9.97 Å².